The number of nitrogens with two attached hydrogens (primary N) is 1. The Hall–Kier alpha value is -1.06. The summed E-state index contributed by atoms with van der Waals surface area (Å²) in [4.78, 5) is 2.34. The van der Waals surface area contributed by atoms with Crippen LogP contribution in [0.25, 0.3) is 0 Å². The molecule has 0 fully saturated rings. The van der Waals surface area contributed by atoms with Gasteiger partial charge in [0, 0.05) is 24.9 Å². The SMILES string of the molecule is CCN(CCCO)C(C)c1cccc(N)c1. The molecular weight excluding hydrogens is 200 g/mol. The minimum atomic E-state index is 0.250. The molecule has 90 valence electrons. The average Bonchev–Trinajstić information content (AvgIpc) is 2.29. The molecule has 1 unspecified atom stereocenters. The largest absolute Gasteiger partial charge is 0.399 e. The fraction of sp³-hybridized carbons (Fsp3) is 0.538. The number of rotatable bonds is 6. The molecule has 1 rings (SSSR count). The zero-order valence-corrected chi connectivity index (χ0v) is 10.2. The van der Waals surface area contributed by atoms with Gasteiger partial charge in [-0.05, 0) is 37.6 Å². The second kappa shape index (κ2) is 6.51. The lowest BCUT2D eigenvalue weighted by Gasteiger charge is -2.28. The van der Waals surface area contributed by atoms with Gasteiger partial charge in [0.25, 0.3) is 0 Å². The highest BCUT2D eigenvalue weighted by molar-refractivity contribution is 5.41. The van der Waals surface area contributed by atoms with Crippen LogP contribution in [0.2, 0.25) is 0 Å². The van der Waals surface area contributed by atoms with Gasteiger partial charge in [0.2, 0.25) is 0 Å². The third-order valence-electron chi connectivity index (χ3n) is 2.95. The van der Waals surface area contributed by atoms with Gasteiger partial charge in [0.15, 0.2) is 0 Å². The van der Waals surface area contributed by atoms with Gasteiger partial charge in [-0.25, -0.2) is 0 Å². The first-order valence-electron chi connectivity index (χ1n) is 5.89. The van der Waals surface area contributed by atoms with Crippen LogP contribution in [0.15, 0.2) is 24.3 Å². The molecule has 3 heteroatoms. The van der Waals surface area contributed by atoms with Gasteiger partial charge < -0.3 is 10.8 Å². The normalized spacial score (nSPS) is 13.0. The molecular formula is C13H22N2O. The molecule has 16 heavy (non-hydrogen) atoms. The molecule has 0 saturated heterocycles. The molecule has 0 aromatic heterocycles. The van der Waals surface area contributed by atoms with Gasteiger partial charge in [-0.2, -0.15) is 0 Å². The Bertz CT molecular complexity index is 315. The molecule has 0 saturated carbocycles. The lowest BCUT2D eigenvalue weighted by Crippen LogP contribution is -2.28. The van der Waals surface area contributed by atoms with E-state index in [1.54, 1.807) is 0 Å². The number of aliphatic hydroxyl groups excluding tert-OH is 1. The van der Waals surface area contributed by atoms with E-state index in [0.717, 1.165) is 25.2 Å². The summed E-state index contributed by atoms with van der Waals surface area (Å²) in [6.45, 7) is 6.47. The molecule has 0 aliphatic carbocycles. The number of aliphatic hydroxyl groups is 1. The zero-order valence-electron chi connectivity index (χ0n) is 10.2. The Morgan fingerprint density at radius 3 is 2.75 bits per heavy atom. The van der Waals surface area contributed by atoms with Crippen LogP contribution in [0.5, 0.6) is 0 Å². The summed E-state index contributed by atoms with van der Waals surface area (Å²) in [5, 5.41) is 8.86. The first-order valence-corrected chi connectivity index (χ1v) is 5.89. The summed E-state index contributed by atoms with van der Waals surface area (Å²) in [7, 11) is 0. The van der Waals surface area contributed by atoms with Gasteiger partial charge >= 0.3 is 0 Å². The van der Waals surface area contributed by atoms with E-state index in [9.17, 15) is 0 Å². The first kappa shape index (κ1) is 13.0. The van der Waals surface area contributed by atoms with Gasteiger partial charge in [0.1, 0.15) is 0 Å². The highest BCUT2D eigenvalue weighted by Crippen LogP contribution is 2.21. The molecule has 3 nitrogen and oxygen atoms in total. The summed E-state index contributed by atoms with van der Waals surface area (Å²) >= 11 is 0. The van der Waals surface area contributed by atoms with Crippen molar-refractivity contribution in [2.75, 3.05) is 25.4 Å². The van der Waals surface area contributed by atoms with Crippen LogP contribution in [0.4, 0.5) is 5.69 Å². The van der Waals surface area contributed by atoms with Crippen LogP contribution in [0, 0.1) is 0 Å². The van der Waals surface area contributed by atoms with Crippen LogP contribution in [-0.2, 0) is 0 Å². The van der Waals surface area contributed by atoms with E-state index in [2.05, 4.69) is 24.8 Å². The van der Waals surface area contributed by atoms with Crippen molar-refractivity contribution in [3.05, 3.63) is 29.8 Å². The number of anilines is 1. The predicted octanol–water partition coefficient (Wildman–Crippen LogP) is 2.03. The van der Waals surface area contributed by atoms with Crippen LogP contribution in [0.3, 0.4) is 0 Å². The second-order valence-corrected chi connectivity index (χ2v) is 4.05. The molecule has 0 bridgehead atoms. The lowest BCUT2D eigenvalue weighted by molar-refractivity contribution is 0.191. The molecule has 0 heterocycles. The number of benzene rings is 1. The van der Waals surface area contributed by atoms with E-state index < -0.39 is 0 Å². The Labute approximate surface area is 97.9 Å². The van der Waals surface area contributed by atoms with Crippen LogP contribution < -0.4 is 5.73 Å². The summed E-state index contributed by atoms with van der Waals surface area (Å²) in [6.07, 6.45) is 0.820. The Morgan fingerprint density at radius 2 is 2.19 bits per heavy atom. The minimum Gasteiger partial charge on any atom is -0.399 e. The highest BCUT2D eigenvalue weighted by atomic mass is 16.3. The first-order chi connectivity index (χ1) is 7.69. The summed E-state index contributed by atoms with van der Waals surface area (Å²) in [5.74, 6) is 0. The maximum atomic E-state index is 8.86. The fourth-order valence-electron chi connectivity index (χ4n) is 1.93. The molecule has 1 aromatic carbocycles. The Balaban J connectivity index is 2.70. The number of hydrogen-bond acceptors (Lipinski definition) is 3. The van der Waals surface area contributed by atoms with Crippen molar-refractivity contribution >= 4 is 5.69 Å². The quantitative estimate of drug-likeness (QED) is 0.724. The molecule has 0 radical (unpaired) electrons. The number of hydrogen-bond donors (Lipinski definition) is 2. The molecule has 0 aliphatic heterocycles. The third kappa shape index (κ3) is 3.51. The van der Waals surface area contributed by atoms with Crippen molar-refractivity contribution in [3.8, 4) is 0 Å². The zero-order chi connectivity index (χ0) is 12.0. The Kier molecular flexibility index (Phi) is 5.29. The van der Waals surface area contributed by atoms with E-state index in [1.165, 1.54) is 5.56 Å². The van der Waals surface area contributed by atoms with E-state index in [-0.39, 0.29) is 6.61 Å². The molecule has 0 spiro atoms. The molecule has 1 atom stereocenters. The molecule has 3 N–H and O–H groups in total. The van der Waals surface area contributed by atoms with Crippen molar-refractivity contribution < 1.29 is 5.11 Å². The Morgan fingerprint density at radius 1 is 1.44 bits per heavy atom. The van der Waals surface area contributed by atoms with Crippen LogP contribution in [-0.4, -0.2) is 29.7 Å². The van der Waals surface area contributed by atoms with Crippen molar-refractivity contribution in [1.29, 1.82) is 0 Å². The van der Waals surface area contributed by atoms with Crippen molar-refractivity contribution in [2.24, 2.45) is 0 Å². The molecule has 0 aliphatic rings. The number of nitrogens with zero attached hydrogens (tertiary/aromatic N) is 1. The smallest absolute Gasteiger partial charge is 0.0443 e. The fourth-order valence-corrected chi connectivity index (χ4v) is 1.93. The minimum absolute atomic E-state index is 0.250. The van der Waals surface area contributed by atoms with E-state index in [1.807, 2.05) is 18.2 Å². The molecule has 0 amide bonds. The van der Waals surface area contributed by atoms with E-state index in [4.69, 9.17) is 10.8 Å². The predicted molar refractivity (Wildman–Crippen MR) is 68.2 cm³/mol. The third-order valence-corrected chi connectivity index (χ3v) is 2.95. The second-order valence-electron chi connectivity index (χ2n) is 4.05. The van der Waals surface area contributed by atoms with Crippen molar-refractivity contribution in [3.63, 3.8) is 0 Å². The summed E-state index contributed by atoms with van der Waals surface area (Å²) < 4.78 is 0. The average molecular weight is 222 g/mol. The van der Waals surface area contributed by atoms with Gasteiger partial charge in [-0.15, -0.1) is 0 Å². The highest BCUT2D eigenvalue weighted by Gasteiger charge is 2.13. The summed E-state index contributed by atoms with van der Waals surface area (Å²) in [5.41, 5.74) is 7.82. The lowest BCUT2D eigenvalue weighted by atomic mass is 10.1. The standard InChI is InChI=1S/C13H22N2O/c1-3-15(8-5-9-16)11(2)12-6-4-7-13(14)10-12/h4,6-7,10-11,16H,3,5,8-9,14H2,1-2H3. The molecule has 1 aromatic rings. The van der Waals surface area contributed by atoms with Crippen LogP contribution in [0.1, 0.15) is 31.9 Å². The number of nitrogen functional groups attached to an aromatic ring is 1. The van der Waals surface area contributed by atoms with E-state index >= 15 is 0 Å². The summed E-state index contributed by atoms with van der Waals surface area (Å²) in [6, 6.07) is 8.36. The topological polar surface area (TPSA) is 49.5 Å². The van der Waals surface area contributed by atoms with Gasteiger partial charge in [0.05, 0.1) is 0 Å². The van der Waals surface area contributed by atoms with Gasteiger partial charge in [-0.3, -0.25) is 4.90 Å². The van der Waals surface area contributed by atoms with Crippen LogP contribution >= 0.6 is 0 Å². The van der Waals surface area contributed by atoms with Crippen molar-refractivity contribution in [2.45, 2.75) is 26.3 Å². The van der Waals surface area contributed by atoms with Crippen molar-refractivity contribution in [1.82, 2.24) is 4.90 Å². The maximum absolute atomic E-state index is 8.86. The van der Waals surface area contributed by atoms with E-state index in [0.29, 0.717) is 6.04 Å². The van der Waals surface area contributed by atoms with Gasteiger partial charge in [-0.1, -0.05) is 19.1 Å². The maximum Gasteiger partial charge on any atom is 0.0443 e. The monoisotopic (exact) mass is 222 g/mol.